The lowest BCUT2D eigenvalue weighted by Gasteiger charge is -2.19. The molecule has 128 valence electrons. The van der Waals surface area contributed by atoms with Crippen molar-refractivity contribution in [3.05, 3.63) is 58.8 Å². The minimum Gasteiger partial charge on any atom is -0.357 e. The molecule has 3 nitrogen and oxygen atoms in total. The first kappa shape index (κ1) is 18.2. The van der Waals surface area contributed by atoms with Gasteiger partial charge in [0.1, 0.15) is 5.82 Å². The van der Waals surface area contributed by atoms with Crippen LogP contribution in [-0.2, 0) is 6.42 Å². The quantitative estimate of drug-likeness (QED) is 0.687. The Morgan fingerprint density at radius 2 is 1.83 bits per heavy atom. The first-order chi connectivity index (χ1) is 11.5. The van der Waals surface area contributed by atoms with Gasteiger partial charge in [0.05, 0.1) is 0 Å². The third-order valence-electron chi connectivity index (χ3n) is 4.62. The number of rotatable bonds is 7. The van der Waals surface area contributed by atoms with E-state index in [2.05, 4.69) is 56.6 Å². The number of ketones is 1. The first-order valence-electron chi connectivity index (χ1n) is 8.80. The van der Waals surface area contributed by atoms with Crippen LogP contribution in [0.5, 0.6) is 0 Å². The van der Waals surface area contributed by atoms with Crippen molar-refractivity contribution in [2.24, 2.45) is 0 Å². The highest BCUT2D eigenvalue weighted by Crippen LogP contribution is 2.23. The lowest BCUT2D eigenvalue weighted by atomic mass is 9.91. The summed E-state index contributed by atoms with van der Waals surface area (Å²) in [7, 11) is 0. The van der Waals surface area contributed by atoms with Crippen molar-refractivity contribution in [2.75, 3.05) is 18.0 Å². The van der Waals surface area contributed by atoms with Gasteiger partial charge >= 0.3 is 0 Å². The standard InChI is InChI=1S/C21H28N2O/c1-6-23(7-2)21-12-11-18(14-22-21)20(24)13-17-9-8-10-19(15(3)4)16(17)5/h8-12,14-15H,6-7,13H2,1-5H3. The summed E-state index contributed by atoms with van der Waals surface area (Å²) >= 11 is 0. The monoisotopic (exact) mass is 324 g/mol. The molecule has 2 rings (SSSR count). The molecule has 0 amide bonds. The SMILES string of the molecule is CCN(CC)c1ccc(C(=O)Cc2cccc(C(C)C)c2C)cn1. The normalized spacial score (nSPS) is 10.9. The van der Waals surface area contributed by atoms with Gasteiger partial charge in [-0.2, -0.15) is 0 Å². The van der Waals surface area contributed by atoms with Crippen LogP contribution < -0.4 is 4.90 Å². The van der Waals surface area contributed by atoms with E-state index in [4.69, 9.17) is 0 Å². The zero-order valence-corrected chi connectivity index (χ0v) is 15.5. The maximum absolute atomic E-state index is 12.6. The molecule has 0 saturated carbocycles. The number of hydrogen-bond acceptors (Lipinski definition) is 3. The van der Waals surface area contributed by atoms with Crippen LogP contribution in [0.2, 0.25) is 0 Å². The summed E-state index contributed by atoms with van der Waals surface area (Å²) in [4.78, 5) is 19.2. The summed E-state index contributed by atoms with van der Waals surface area (Å²) in [5, 5.41) is 0. The van der Waals surface area contributed by atoms with E-state index in [1.54, 1.807) is 6.20 Å². The van der Waals surface area contributed by atoms with Crippen molar-refractivity contribution in [1.82, 2.24) is 4.98 Å². The van der Waals surface area contributed by atoms with Crippen molar-refractivity contribution < 1.29 is 4.79 Å². The Hall–Kier alpha value is -2.16. The Bertz CT molecular complexity index is 685. The number of carbonyl (C=O) groups is 1. The minimum absolute atomic E-state index is 0.123. The highest BCUT2D eigenvalue weighted by atomic mass is 16.1. The lowest BCUT2D eigenvalue weighted by molar-refractivity contribution is 0.0992. The van der Waals surface area contributed by atoms with Gasteiger partial charge in [0.2, 0.25) is 0 Å². The van der Waals surface area contributed by atoms with Crippen LogP contribution >= 0.6 is 0 Å². The van der Waals surface area contributed by atoms with Crippen LogP contribution in [0.1, 0.15) is 60.7 Å². The highest BCUT2D eigenvalue weighted by Gasteiger charge is 2.13. The Balaban J connectivity index is 2.17. The Morgan fingerprint density at radius 3 is 2.38 bits per heavy atom. The predicted molar refractivity (Wildman–Crippen MR) is 101 cm³/mol. The van der Waals surface area contributed by atoms with Crippen LogP contribution in [0.25, 0.3) is 0 Å². The van der Waals surface area contributed by atoms with Crippen molar-refractivity contribution >= 4 is 11.6 Å². The van der Waals surface area contributed by atoms with Gasteiger partial charge < -0.3 is 4.90 Å². The fourth-order valence-corrected chi connectivity index (χ4v) is 3.08. The Morgan fingerprint density at radius 1 is 1.12 bits per heavy atom. The van der Waals surface area contributed by atoms with E-state index in [9.17, 15) is 4.79 Å². The Labute approximate surface area is 145 Å². The van der Waals surface area contributed by atoms with Gasteiger partial charge in [-0.25, -0.2) is 4.98 Å². The van der Waals surface area contributed by atoms with Gasteiger partial charge in [0.25, 0.3) is 0 Å². The largest absolute Gasteiger partial charge is 0.357 e. The van der Waals surface area contributed by atoms with Gasteiger partial charge in [-0.05, 0) is 55.5 Å². The first-order valence-corrected chi connectivity index (χ1v) is 8.80. The molecule has 0 saturated heterocycles. The maximum atomic E-state index is 12.6. The molecule has 0 atom stereocenters. The molecule has 24 heavy (non-hydrogen) atoms. The molecule has 3 heteroatoms. The number of anilines is 1. The van der Waals surface area contributed by atoms with E-state index < -0.39 is 0 Å². The summed E-state index contributed by atoms with van der Waals surface area (Å²) < 4.78 is 0. The average Bonchev–Trinajstić information content (AvgIpc) is 2.58. The summed E-state index contributed by atoms with van der Waals surface area (Å²) in [5.41, 5.74) is 4.34. The summed E-state index contributed by atoms with van der Waals surface area (Å²) in [6.45, 7) is 12.5. The van der Waals surface area contributed by atoms with Gasteiger partial charge in [0.15, 0.2) is 5.78 Å². The second-order valence-corrected chi connectivity index (χ2v) is 6.46. The second-order valence-electron chi connectivity index (χ2n) is 6.46. The van der Waals surface area contributed by atoms with Gasteiger partial charge in [-0.3, -0.25) is 4.79 Å². The zero-order chi connectivity index (χ0) is 17.7. The third kappa shape index (κ3) is 4.02. The molecule has 1 aromatic carbocycles. The average molecular weight is 324 g/mol. The minimum atomic E-state index is 0.123. The zero-order valence-electron chi connectivity index (χ0n) is 15.5. The smallest absolute Gasteiger partial charge is 0.168 e. The molecule has 0 spiro atoms. The van der Waals surface area contributed by atoms with Crippen LogP contribution in [0.3, 0.4) is 0 Å². The lowest BCUT2D eigenvalue weighted by Crippen LogP contribution is -2.23. The molecule has 1 heterocycles. The molecule has 0 N–H and O–H groups in total. The number of benzene rings is 1. The van der Waals surface area contributed by atoms with Crippen molar-refractivity contribution in [1.29, 1.82) is 0 Å². The molecule has 0 aliphatic heterocycles. The van der Waals surface area contributed by atoms with E-state index in [1.165, 1.54) is 11.1 Å². The van der Waals surface area contributed by atoms with Crippen LogP contribution in [0, 0.1) is 6.92 Å². The topological polar surface area (TPSA) is 33.2 Å². The van der Waals surface area contributed by atoms with Crippen molar-refractivity contribution in [3.8, 4) is 0 Å². The van der Waals surface area contributed by atoms with Crippen molar-refractivity contribution in [3.63, 3.8) is 0 Å². The molecule has 0 bridgehead atoms. The molecular formula is C21H28N2O. The number of pyridine rings is 1. The molecule has 0 radical (unpaired) electrons. The number of carbonyl (C=O) groups excluding carboxylic acids is 1. The molecule has 0 aliphatic carbocycles. The third-order valence-corrected chi connectivity index (χ3v) is 4.62. The molecule has 1 aromatic heterocycles. The van der Waals surface area contributed by atoms with E-state index >= 15 is 0 Å². The second kappa shape index (κ2) is 8.09. The number of nitrogens with zero attached hydrogens (tertiary/aromatic N) is 2. The number of hydrogen-bond donors (Lipinski definition) is 0. The number of aromatic nitrogens is 1. The van der Waals surface area contributed by atoms with Gasteiger partial charge in [-0.1, -0.05) is 32.0 Å². The van der Waals surface area contributed by atoms with Crippen molar-refractivity contribution in [2.45, 2.75) is 47.0 Å². The molecule has 2 aromatic rings. The van der Waals surface area contributed by atoms with E-state index in [0.29, 0.717) is 17.9 Å². The Kier molecular flexibility index (Phi) is 6.13. The fraction of sp³-hybridized carbons (Fsp3) is 0.429. The van der Waals surface area contributed by atoms with Gasteiger partial charge in [0, 0.05) is 31.3 Å². The highest BCUT2D eigenvalue weighted by molar-refractivity contribution is 5.97. The van der Waals surface area contributed by atoms with E-state index in [-0.39, 0.29) is 5.78 Å². The molecule has 0 unspecified atom stereocenters. The molecule has 0 fully saturated rings. The summed E-state index contributed by atoms with van der Waals surface area (Å²) in [6, 6.07) is 10.1. The predicted octanol–water partition coefficient (Wildman–Crippen LogP) is 4.79. The van der Waals surface area contributed by atoms with Gasteiger partial charge in [-0.15, -0.1) is 0 Å². The van der Waals surface area contributed by atoms with Crippen LogP contribution in [0.15, 0.2) is 36.5 Å². The fourth-order valence-electron chi connectivity index (χ4n) is 3.08. The maximum Gasteiger partial charge on any atom is 0.168 e. The molecular weight excluding hydrogens is 296 g/mol. The molecule has 0 aliphatic rings. The summed E-state index contributed by atoms with van der Waals surface area (Å²) in [5.74, 6) is 1.52. The van der Waals surface area contributed by atoms with E-state index in [1.807, 2.05) is 18.2 Å². The van der Waals surface area contributed by atoms with Crippen LogP contribution in [-0.4, -0.2) is 23.9 Å². The number of Topliss-reactive ketones (excluding diaryl/α,β-unsaturated/α-hetero) is 1. The summed E-state index contributed by atoms with van der Waals surface area (Å²) in [6.07, 6.45) is 2.14. The van der Waals surface area contributed by atoms with Crippen LogP contribution in [0.4, 0.5) is 5.82 Å². The van der Waals surface area contributed by atoms with E-state index in [0.717, 1.165) is 24.5 Å².